The molecule has 0 radical (unpaired) electrons. The highest BCUT2D eigenvalue weighted by Gasteiger charge is 2.52. The fraction of sp³-hybridized carbons (Fsp3) is 0.240. The van der Waals surface area contributed by atoms with Crippen LogP contribution in [0.1, 0.15) is 17.5 Å². The molecule has 35 heavy (non-hydrogen) atoms. The summed E-state index contributed by atoms with van der Waals surface area (Å²) in [6.07, 6.45) is 5.16. The number of pyridine rings is 1. The Morgan fingerprint density at radius 1 is 1.09 bits per heavy atom. The number of aliphatic imine (C=N–C) groups is 2. The van der Waals surface area contributed by atoms with Gasteiger partial charge in [-0.1, -0.05) is 30.3 Å². The molecule has 3 heterocycles. The zero-order valence-corrected chi connectivity index (χ0v) is 20.2. The second-order valence-corrected chi connectivity index (χ2v) is 9.90. The summed E-state index contributed by atoms with van der Waals surface area (Å²) in [5.74, 6) is 1.45. The van der Waals surface area contributed by atoms with Crippen molar-refractivity contribution in [3.05, 3.63) is 78.1 Å². The van der Waals surface area contributed by atoms with Gasteiger partial charge in [-0.2, -0.15) is 8.42 Å². The van der Waals surface area contributed by atoms with E-state index < -0.39 is 15.7 Å². The molecule has 2 aromatic carbocycles. The van der Waals surface area contributed by atoms with Crippen LogP contribution >= 0.6 is 0 Å². The molecule has 180 valence electrons. The van der Waals surface area contributed by atoms with Gasteiger partial charge in [0.15, 0.2) is 17.2 Å². The summed E-state index contributed by atoms with van der Waals surface area (Å²) in [6.45, 7) is 1.25. The monoisotopic (exact) mass is 491 g/mol. The van der Waals surface area contributed by atoms with Gasteiger partial charge in [-0.3, -0.25) is 14.9 Å². The molecular weight excluding hydrogens is 466 g/mol. The zero-order chi connectivity index (χ0) is 24.6. The highest BCUT2D eigenvalue weighted by Crippen LogP contribution is 2.50. The van der Waals surface area contributed by atoms with E-state index in [-0.39, 0.29) is 5.75 Å². The summed E-state index contributed by atoms with van der Waals surface area (Å²) < 4.78 is 36.0. The van der Waals surface area contributed by atoms with Crippen molar-refractivity contribution < 1.29 is 17.3 Å². The van der Waals surface area contributed by atoms with Crippen molar-refractivity contribution >= 4 is 21.9 Å². The van der Waals surface area contributed by atoms with Crippen LogP contribution in [0, 0.1) is 0 Å². The van der Waals surface area contributed by atoms with E-state index >= 15 is 0 Å². The molecule has 0 aliphatic carbocycles. The number of nitrogens with zero attached hydrogens (tertiary/aromatic N) is 4. The quantitative estimate of drug-likeness (QED) is 0.527. The lowest BCUT2D eigenvalue weighted by Gasteiger charge is -2.35. The van der Waals surface area contributed by atoms with Gasteiger partial charge in [-0.25, -0.2) is 4.99 Å². The maximum absolute atomic E-state index is 12.4. The lowest BCUT2D eigenvalue weighted by Crippen LogP contribution is -2.46. The number of fused-ring (bicyclic) bond motifs is 1. The summed E-state index contributed by atoms with van der Waals surface area (Å²) in [5, 5.41) is 0. The molecule has 2 N–H and O–H groups in total. The molecule has 10 heteroatoms. The normalized spacial score (nSPS) is 19.5. The molecule has 5 rings (SSSR count). The lowest BCUT2D eigenvalue weighted by molar-refractivity contribution is 0.411. The van der Waals surface area contributed by atoms with Crippen LogP contribution in [0.4, 0.5) is 0 Å². The van der Waals surface area contributed by atoms with Gasteiger partial charge in [0, 0.05) is 37.1 Å². The van der Waals surface area contributed by atoms with Gasteiger partial charge < -0.3 is 14.7 Å². The first kappa shape index (κ1) is 22.9. The van der Waals surface area contributed by atoms with Crippen molar-refractivity contribution in [3.8, 4) is 22.6 Å². The summed E-state index contributed by atoms with van der Waals surface area (Å²) in [7, 11) is -2.39. The number of methoxy groups -OCH3 is 1. The molecular formula is C25H25N5O4S. The molecule has 0 spiro atoms. The van der Waals surface area contributed by atoms with Gasteiger partial charge in [-0.15, -0.1) is 0 Å². The van der Waals surface area contributed by atoms with Gasteiger partial charge in [0.25, 0.3) is 0 Å². The van der Waals surface area contributed by atoms with Crippen LogP contribution in [0.15, 0.2) is 77.0 Å². The van der Waals surface area contributed by atoms with Crippen molar-refractivity contribution in [1.82, 2.24) is 9.88 Å². The minimum Gasteiger partial charge on any atom is -0.497 e. The third kappa shape index (κ3) is 3.99. The van der Waals surface area contributed by atoms with E-state index in [1.807, 2.05) is 53.4 Å². The highest BCUT2D eigenvalue weighted by molar-refractivity contribution is 7.86. The standard InChI is InChI=1S/C25H25N5O4S/c1-33-19-15-20(17-7-4-3-5-8-17)22(21(16-19)34-35(2,31)32)25(18-9-12-27-13-10-18)23-28-11-6-14-30(23)24(26)29-25/h3-5,7-10,12-13,15-16H,6,11,14H2,1-2H3,(H2,26,29). The zero-order valence-electron chi connectivity index (χ0n) is 19.4. The molecule has 0 fully saturated rings. The van der Waals surface area contributed by atoms with Crippen molar-refractivity contribution in [1.29, 1.82) is 0 Å². The summed E-state index contributed by atoms with van der Waals surface area (Å²) in [6, 6.07) is 16.7. The van der Waals surface area contributed by atoms with Gasteiger partial charge in [0.1, 0.15) is 11.6 Å². The molecule has 1 atom stereocenters. The molecule has 0 bridgehead atoms. The van der Waals surface area contributed by atoms with E-state index in [9.17, 15) is 8.42 Å². The van der Waals surface area contributed by atoms with Gasteiger partial charge >= 0.3 is 10.1 Å². The van der Waals surface area contributed by atoms with Crippen LogP contribution in [-0.4, -0.2) is 56.6 Å². The van der Waals surface area contributed by atoms with E-state index in [0.717, 1.165) is 23.8 Å². The molecule has 1 aromatic heterocycles. The number of benzene rings is 2. The van der Waals surface area contributed by atoms with Crippen molar-refractivity contribution in [2.75, 3.05) is 26.5 Å². The number of guanidine groups is 1. The third-order valence-corrected chi connectivity index (χ3v) is 6.52. The fourth-order valence-electron chi connectivity index (χ4n) is 4.67. The number of nitrogens with two attached hydrogens (primary N) is 1. The Bertz CT molecular complexity index is 1420. The Balaban J connectivity index is 1.94. The second-order valence-electron chi connectivity index (χ2n) is 8.33. The SMILES string of the molecule is COc1cc(OS(C)(=O)=O)c(C2(c3ccncc3)N=C(N)N3CCCN=C32)c(-c2ccccc2)c1. The van der Waals surface area contributed by atoms with E-state index in [1.54, 1.807) is 18.5 Å². The molecule has 3 aromatic rings. The number of rotatable bonds is 6. The lowest BCUT2D eigenvalue weighted by atomic mass is 9.78. The topological polar surface area (TPSA) is 119 Å². The maximum atomic E-state index is 12.4. The largest absolute Gasteiger partial charge is 0.497 e. The first-order valence-corrected chi connectivity index (χ1v) is 12.9. The minimum atomic E-state index is -3.91. The number of aromatic nitrogens is 1. The van der Waals surface area contributed by atoms with Crippen LogP contribution in [0.3, 0.4) is 0 Å². The van der Waals surface area contributed by atoms with Crippen LogP contribution in [0.5, 0.6) is 11.5 Å². The van der Waals surface area contributed by atoms with E-state index in [0.29, 0.717) is 41.8 Å². The number of hydrogen-bond donors (Lipinski definition) is 1. The molecule has 0 saturated carbocycles. The van der Waals surface area contributed by atoms with Gasteiger partial charge in [0.2, 0.25) is 0 Å². The molecule has 0 saturated heterocycles. The first-order valence-electron chi connectivity index (χ1n) is 11.1. The Morgan fingerprint density at radius 2 is 1.83 bits per heavy atom. The highest BCUT2D eigenvalue weighted by atomic mass is 32.2. The first-order chi connectivity index (χ1) is 16.8. The van der Waals surface area contributed by atoms with Crippen LogP contribution in [-0.2, 0) is 15.7 Å². The Morgan fingerprint density at radius 3 is 2.51 bits per heavy atom. The van der Waals surface area contributed by atoms with E-state index in [4.69, 9.17) is 24.6 Å². The van der Waals surface area contributed by atoms with Gasteiger partial charge in [0.05, 0.1) is 13.4 Å². The van der Waals surface area contributed by atoms with Crippen LogP contribution < -0.4 is 14.7 Å². The van der Waals surface area contributed by atoms with E-state index in [1.165, 1.54) is 7.11 Å². The predicted octanol–water partition coefficient (Wildman–Crippen LogP) is 2.77. The van der Waals surface area contributed by atoms with E-state index in [2.05, 4.69) is 4.98 Å². The van der Waals surface area contributed by atoms with Crippen LogP contribution in [0.2, 0.25) is 0 Å². The maximum Gasteiger partial charge on any atom is 0.306 e. The molecule has 2 aliphatic heterocycles. The Kier molecular flexibility index (Phi) is 5.68. The summed E-state index contributed by atoms with van der Waals surface area (Å²) >= 11 is 0. The number of amidine groups is 1. The average molecular weight is 492 g/mol. The fourth-order valence-corrected chi connectivity index (χ4v) is 5.13. The molecule has 9 nitrogen and oxygen atoms in total. The van der Waals surface area contributed by atoms with Gasteiger partial charge in [-0.05, 0) is 41.3 Å². The van der Waals surface area contributed by atoms with Crippen molar-refractivity contribution in [3.63, 3.8) is 0 Å². The molecule has 1 unspecified atom stereocenters. The predicted molar refractivity (Wildman–Crippen MR) is 134 cm³/mol. The smallest absolute Gasteiger partial charge is 0.306 e. The summed E-state index contributed by atoms with van der Waals surface area (Å²) in [4.78, 5) is 15.9. The van der Waals surface area contributed by atoms with Crippen molar-refractivity contribution in [2.45, 2.75) is 12.0 Å². The summed E-state index contributed by atoms with van der Waals surface area (Å²) in [5.41, 5.74) is 7.96. The minimum absolute atomic E-state index is 0.0918. The van der Waals surface area contributed by atoms with Crippen LogP contribution in [0.25, 0.3) is 11.1 Å². The average Bonchev–Trinajstić information content (AvgIpc) is 3.17. The Hall–Kier alpha value is -3.92. The number of ether oxygens (including phenoxy) is 1. The molecule has 0 amide bonds. The van der Waals surface area contributed by atoms with Crippen molar-refractivity contribution in [2.24, 2.45) is 15.7 Å². The molecule has 2 aliphatic rings. The second kappa shape index (κ2) is 8.70. The third-order valence-electron chi connectivity index (χ3n) is 6.04. The Labute approximate surface area is 204 Å². The number of hydrogen-bond acceptors (Lipinski definition) is 9.